The van der Waals surface area contributed by atoms with Gasteiger partial charge in [0.05, 0.1) is 10.4 Å². The molecule has 0 aliphatic heterocycles. The molecule has 0 fully saturated rings. The average molecular weight is 306 g/mol. The summed E-state index contributed by atoms with van der Waals surface area (Å²) in [5.41, 5.74) is 10.0. The summed E-state index contributed by atoms with van der Waals surface area (Å²) in [5.74, 6) is -0.599. The van der Waals surface area contributed by atoms with Gasteiger partial charge in [-0.2, -0.15) is 0 Å². The molecule has 0 spiro atoms. The van der Waals surface area contributed by atoms with Gasteiger partial charge in [0.25, 0.3) is 0 Å². The zero-order valence-corrected chi connectivity index (χ0v) is 12.2. The number of nitrogens with two attached hydrogens (primary N) is 2. The van der Waals surface area contributed by atoms with E-state index in [0.717, 1.165) is 0 Å². The number of nitrogens with one attached hydrogen (secondary N) is 1. The molecule has 0 aliphatic rings. The Morgan fingerprint density at radius 3 is 2.47 bits per heavy atom. The maximum atomic E-state index is 12.0. The molecule has 0 atom stereocenters. The molecular weight excluding hydrogens is 290 g/mol. The minimum absolute atomic E-state index is 0.0179. The van der Waals surface area contributed by atoms with E-state index < -0.39 is 21.3 Å². The Kier molecular flexibility index (Phi) is 4.44. The lowest BCUT2D eigenvalue weighted by Crippen LogP contribution is -2.42. The van der Waals surface area contributed by atoms with Crippen LogP contribution in [0.25, 0.3) is 0 Å². The maximum Gasteiger partial charge on any atom is 0.242 e. The van der Waals surface area contributed by atoms with Gasteiger partial charge in [-0.25, -0.2) is 13.1 Å². The quantitative estimate of drug-likeness (QED) is 0.695. The number of rotatable bonds is 5. The minimum Gasteiger partial charge on any atom is -0.399 e. The SMILES string of the molecule is CC(C)(CNS(=O)(=O)c1ccc(N)cc1Cl)C(N)=O. The van der Waals surface area contributed by atoms with E-state index in [0.29, 0.717) is 5.69 Å². The van der Waals surface area contributed by atoms with Crippen LogP contribution >= 0.6 is 11.6 Å². The van der Waals surface area contributed by atoms with Crippen LogP contribution in [0.15, 0.2) is 23.1 Å². The normalized spacial score (nSPS) is 12.4. The number of amides is 1. The first-order chi connectivity index (χ1) is 8.56. The van der Waals surface area contributed by atoms with Gasteiger partial charge in [0.2, 0.25) is 15.9 Å². The molecular formula is C11H16ClN3O3S. The molecule has 106 valence electrons. The molecule has 0 heterocycles. The Labute approximate surface area is 117 Å². The van der Waals surface area contributed by atoms with Crippen LogP contribution < -0.4 is 16.2 Å². The Hall–Kier alpha value is -1.31. The molecule has 5 N–H and O–H groups in total. The highest BCUT2D eigenvalue weighted by Gasteiger charge is 2.28. The number of carbonyl (C=O) groups excluding carboxylic acids is 1. The summed E-state index contributed by atoms with van der Waals surface area (Å²) in [6.07, 6.45) is 0. The zero-order valence-electron chi connectivity index (χ0n) is 10.6. The van der Waals surface area contributed by atoms with Crippen molar-refractivity contribution in [3.05, 3.63) is 23.2 Å². The van der Waals surface area contributed by atoms with Gasteiger partial charge in [0, 0.05) is 12.2 Å². The van der Waals surface area contributed by atoms with Crippen molar-refractivity contribution in [3.8, 4) is 0 Å². The number of nitrogen functional groups attached to an aromatic ring is 1. The molecule has 0 unspecified atom stereocenters. The number of hydrogen-bond donors (Lipinski definition) is 3. The van der Waals surface area contributed by atoms with Crippen molar-refractivity contribution in [2.24, 2.45) is 11.1 Å². The molecule has 0 radical (unpaired) electrons. The molecule has 1 rings (SSSR count). The average Bonchev–Trinajstić information content (AvgIpc) is 2.26. The summed E-state index contributed by atoms with van der Waals surface area (Å²) in [5, 5.41) is 0.0179. The standard InChI is InChI=1S/C11H16ClN3O3S/c1-11(2,10(14)16)6-15-19(17,18)9-4-3-7(13)5-8(9)12/h3-5,15H,6,13H2,1-2H3,(H2,14,16). The molecule has 0 bridgehead atoms. The van der Waals surface area contributed by atoms with Crippen LogP contribution in [0.3, 0.4) is 0 Å². The smallest absolute Gasteiger partial charge is 0.242 e. The molecule has 6 nitrogen and oxygen atoms in total. The lowest BCUT2D eigenvalue weighted by molar-refractivity contribution is -0.125. The van der Waals surface area contributed by atoms with Crippen LogP contribution in [-0.4, -0.2) is 20.9 Å². The van der Waals surface area contributed by atoms with E-state index in [1.807, 2.05) is 0 Å². The maximum absolute atomic E-state index is 12.0. The van der Waals surface area contributed by atoms with Crippen molar-refractivity contribution in [3.63, 3.8) is 0 Å². The van der Waals surface area contributed by atoms with Gasteiger partial charge in [-0.15, -0.1) is 0 Å². The Bertz CT molecular complexity index is 599. The van der Waals surface area contributed by atoms with Crippen molar-refractivity contribution in [1.82, 2.24) is 4.72 Å². The van der Waals surface area contributed by atoms with E-state index in [1.54, 1.807) is 13.8 Å². The third-order valence-electron chi connectivity index (χ3n) is 2.62. The van der Waals surface area contributed by atoms with Crippen molar-refractivity contribution in [2.75, 3.05) is 12.3 Å². The number of halogens is 1. The van der Waals surface area contributed by atoms with Gasteiger partial charge in [0.1, 0.15) is 4.90 Å². The number of benzene rings is 1. The molecule has 0 saturated heterocycles. The van der Waals surface area contributed by atoms with Gasteiger partial charge >= 0.3 is 0 Å². The Balaban J connectivity index is 2.97. The fourth-order valence-electron chi connectivity index (χ4n) is 1.18. The lowest BCUT2D eigenvalue weighted by Gasteiger charge is -2.20. The van der Waals surface area contributed by atoms with Crippen molar-refractivity contribution >= 4 is 33.2 Å². The number of hydrogen-bond acceptors (Lipinski definition) is 4. The summed E-state index contributed by atoms with van der Waals surface area (Å²) in [7, 11) is -3.82. The van der Waals surface area contributed by atoms with E-state index in [1.165, 1.54) is 18.2 Å². The number of anilines is 1. The largest absolute Gasteiger partial charge is 0.399 e. The molecule has 1 aromatic carbocycles. The van der Waals surface area contributed by atoms with Crippen molar-refractivity contribution < 1.29 is 13.2 Å². The topological polar surface area (TPSA) is 115 Å². The van der Waals surface area contributed by atoms with Crippen LogP contribution in [0, 0.1) is 5.41 Å². The highest BCUT2D eigenvalue weighted by atomic mass is 35.5. The monoisotopic (exact) mass is 305 g/mol. The van der Waals surface area contributed by atoms with Crippen LogP contribution in [0.5, 0.6) is 0 Å². The molecule has 1 aromatic rings. The first-order valence-corrected chi connectivity index (χ1v) is 7.27. The molecule has 8 heteroatoms. The highest BCUT2D eigenvalue weighted by Crippen LogP contribution is 2.24. The molecule has 0 aliphatic carbocycles. The van der Waals surface area contributed by atoms with Gasteiger partial charge < -0.3 is 11.5 Å². The zero-order chi connectivity index (χ0) is 14.8. The summed E-state index contributed by atoms with van der Waals surface area (Å²) >= 11 is 5.84. The van der Waals surface area contributed by atoms with Gasteiger partial charge in [-0.05, 0) is 32.0 Å². The molecule has 0 aromatic heterocycles. The first kappa shape index (κ1) is 15.7. The van der Waals surface area contributed by atoms with Crippen LogP contribution in [0.1, 0.15) is 13.8 Å². The van der Waals surface area contributed by atoms with Crippen molar-refractivity contribution in [1.29, 1.82) is 0 Å². The molecule has 19 heavy (non-hydrogen) atoms. The van der Waals surface area contributed by atoms with Crippen molar-refractivity contribution in [2.45, 2.75) is 18.7 Å². The van der Waals surface area contributed by atoms with Crippen LogP contribution in [-0.2, 0) is 14.8 Å². The second-order valence-electron chi connectivity index (χ2n) is 4.76. The van der Waals surface area contributed by atoms with E-state index in [9.17, 15) is 13.2 Å². The Morgan fingerprint density at radius 2 is 2.00 bits per heavy atom. The number of carbonyl (C=O) groups is 1. The third-order valence-corrected chi connectivity index (χ3v) is 4.50. The summed E-state index contributed by atoms with van der Waals surface area (Å²) in [4.78, 5) is 11.0. The predicted octanol–water partition coefficient (Wildman–Crippen LogP) is 0.712. The van der Waals surface area contributed by atoms with Crippen LogP contribution in [0.2, 0.25) is 5.02 Å². The van der Waals surface area contributed by atoms with Gasteiger partial charge in [0.15, 0.2) is 0 Å². The minimum atomic E-state index is -3.82. The van der Waals surface area contributed by atoms with Gasteiger partial charge in [-0.3, -0.25) is 4.79 Å². The van der Waals surface area contributed by atoms with Gasteiger partial charge in [-0.1, -0.05) is 11.6 Å². The van der Waals surface area contributed by atoms with E-state index in [2.05, 4.69) is 4.72 Å². The summed E-state index contributed by atoms with van der Waals surface area (Å²) in [6.45, 7) is 2.97. The Morgan fingerprint density at radius 1 is 1.42 bits per heavy atom. The third kappa shape index (κ3) is 3.82. The second-order valence-corrected chi connectivity index (χ2v) is 6.91. The predicted molar refractivity (Wildman–Crippen MR) is 74.0 cm³/mol. The molecule has 0 saturated carbocycles. The molecule has 1 amide bonds. The second kappa shape index (κ2) is 5.36. The fraction of sp³-hybridized carbons (Fsp3) is 0.364. The fourth-order valence-corrected chi connectivity index (χ4v) is 2.94. The number of primary amides is 1. The summed E-state index contributed by atoms with van der Waals surface area (Å²) < 4.78 is 26.4. The van der Waals surface area contributed by atoms with E-state index >= 15 is 0 Å². The lowest BCUT2D eigenvalue weighted by atomic mass is 9.93. The highest BCUT2D eigenvalue weighted by molar-refractivity contribution is 7.89. The van der Waals surface area contributed by atoms with E-state index in [4.69, 9.17) is 23.1 Å². The first-order valence-electron chi connectivity index (χ1n) is 5.41. The van der Waals surface area contributed by atoms with Crippen LogP contribution in [0.4, 0.5) is 5.69 Å². The number of sulfonamides is 1. The van der Waals surface area contributed by atoms with E-state index in [-0.39, 0.29) is 16.5 Å². The summed E-state index contributed by atoms with van der Waals surface area (Å²) in [6, 6.07) is 4.08.